The molecule has 0 spiro atoms. The summed E-state index contributed by atoms with van der Waals surface area (Å²) >= 11 is 5.79. The summed E-state index contributed by atoms with van der Waals surface area (Å²) in [6.07, 6.45) is 1.34. The lowest BCUT2D eigenvalue weighted by atomic mass is 10.3. The predicted octanol–water partition coefficient (Wildman–Crippen LogP) is 1.70. The number of benzene rings is 1. The zero-order valence-corrected chi connectivity index (χ0v) is 14.9. The van der Waals surface area contributed by atoms with E-state index in [1.54, 1.807) is 13.0 Å². The van der Waals surface area contributed by atoms with Gasteiger partial charge >= 0.3 is 11.8 Å². The van der Waals surface area contributed by atoms with Crippen LogP contribution in [-0.2, 0) is 19.4 Å². The van der Waals surface area contributed by atoms with E-state index < -0.39 is 26.9 Å². The molecule has 0 radical (unpaired) electrons. The van der Waals surface area contributed by atoms with E-state index in [0.717, 1.165) is 0 Å². The van der Waals surface area contributed by atoms with Gasteiger partial charge in [0, 0.05) is 18.1 Å². The number of nitrogens with one attached hydrogen (secondary N) is 2. The van der Waals surface area contributed by atoms with Gasteiger partial charge in [-0.05, 0) is 43.3 Å². The molecule has 25 heavy (non-hydrogen) atoms. The molecule has 0 unspecified atom stereocenters. The highest BCUT2D eigenvalue weighted by Crippen LogP contribution is 2.29. The molecule has 7 nitrogen and oxygen atoms in total. The van der Waals surface area contributed by atoms with Gasteiger partial charge in [0.05, 0.1) is 11.2 Å². The summed E-state index contributed by atoms with van der Waals surface area (Å²) in [5, 5.41) is 3.89. The standard InChI is InChI=1S/C16H17ClN2O5S/c1-2-18-15(20)16(21)19-10-14(13-4-3-9-24-13)25(22,23)12-7-5-11(17)6-8-12/h3-9,14H,2,10H2,1H3,(H,18,20)(H,19,21)/t14-/m0/s1. The van der Waals surface area contributed by atoms with Crippen LogP contribution in [0.2, 0.25) is 5.02 Å². The highest BCUT2D eigenvalue weighted by molar-refractivity contribution is 7.91. The third-order valence-electron chi connectivity index (χ3n) is 3.37. The number of sulfone groups is 1. The van der Waals surface area contributed by atoms with Gasteiger partial charge in [-0.2, -0.15) is 0 Å². The number of carbonyl (C=O) groups is 2. The second-order valence-electron chi connectivity index (χ2n) is 5.07. The first-order valence-corrected chi connectivity index (χ1v) is 9.37. The monoisotopic (exact) mass is 384 g/mol. The molecule has 2 rings (SSSR count). The van der Waals surface area contributed by atoms with Crippen LogP contribution >= 0.6 is 11.6 Å². The fraction of sp³-hybridized carbons (Fsp3) is 0.250. The molecular formula is C16H17ClN2O5S. The average molecular weight is 385 g/mol. The molecule has 1 aromatic heterocycles. The van der Waals surface area contributed by atoms with Crippen molar-refractivity contribution in [3.8, 4) is 0 Å². The number of furan rings is 1. The molecule has 134 valence electrons. The van der Waals surface area contributed by atoms with E-state index in [9.17, 15) is 18.0 Å². The maximum Gasteiger partial charge on any atom is 0.309 e. The Hall–Kier alpha value is -2.32. The number of likely N-dealkylation sites (N-methyl/N-ethyl adjacent to an activating group) is 1. The molecule has 0 saturated heterocycles. The first kappa shape index (κ1) is 19.0. The molecule has 9 heteroatoms. The van der Waals surface area contributed by atoms with Crippen molar-refractivity contribution in [2.75, 3.05) is 13.1 Å². The van der Waals surface area contributed by atoms with Crippen LogP contribution in [0.25, 0.3) is 0 Å². The summed E-state index contributed by atoms with van der Waals surface area (Å²) in [6.45, 7) is 1.65. The first-order valence-electron chi connectivity index (χ1n) is 7.45. The van der Waals surface area contributed by atoms with Crippen LogP contribution in [-0.4, -0.2) is 33.3 Å². The number of rotatable bonds is 6. The molecular weight excluding hydrogens is 368 g/mol. The van der Waals surface area contributed by atoms with Crippen LogP contribution in [0, 0.1) is 0 Å². The molecule has 2 N–H and O–H groups in total. The van der Waals surface area contributed by atoms with Crippen LogP contribution in [0.15, 0.2) is 52.0 Å². The highest BCUT2D eigenvalue weighted by atomic mass is 35.5. The number of halogens is 1. The largest absolute Gasteiger partial charge is 0.468 e. The summed E-state index contributed by atoms with van der Waals surface area (Å²) < 4.78 is 31.0. The molecule has 1 aromatic carbocycles. The van der Waals surface area contributed by atoms with E-state index in [1.165, 1.54) is 36.6 Å². The molecule has 0 fully saturated rings. The van der Waals surface area contributed by atoms with Crippen LogP contribution in [0.1, 0.15) is 17.9 Å². The Labute approximate surface area is 150 Å². The third kappa shape index (κ3) is 4.61. The average Bonchev–Trinajstić information content (AvgIpc) is 3.09. The Morgan fingerprint density at radius 1 is 1.12 bits per heavy atom. The minimum Gasteiger partial charge on any atom is -0.468 e. The van der Waals surface area contributed by atoms with E-state index in [0.29, 0.717) is 5.02 Å². The second-order valence-corrected chi connectivity index (χ2v) is 7.64. The third-order valence-corrected chi connectivity index (χ3v) is 5.70. The maximum absolute atomic E-state index is 12.9. The SMILES string of the molecule is CCNC(=O)C(=O)NC[C@@H](c1ccco1)S(=O)(=O)c1ccc(Cl)cc1. The zero-order valence-electron chi connectivity index (χ0n) is 13.4. The summed E-state index contributed by atoms with van der Waals surface area (Å²) in [6, 6.07) is 8.71. The summed E-state index contributed by atoms with van der Waals surface area (Å²) in [5.74, 6) is -1.58. The lowest BCUT2D eigenvalue weighted by molar-refractivity contribution is -0.139. The fourth-order valence-electron chi connectivity index (χ4n) is 2.13. The van der Waals surface area contributed by atoms with Crippen LogP contribution in [0.3, 0.4) is 0 Å². The lowest BCUT2D eigenvalue weighted by Gasteiger charge is -2.16. The van der Waals surface area contributed by atoms with E-state index in [-0.39, 0.29) is 23.7 Å². The van der Waals surface area contributed by atoms with E-state index in [2.05, 4.69) is 10.6 Å². The van der Waals surface area contributed by atoms with Gasteiger partial charge in [0.2, 0.25) is 0 Å². The highest BCUT2D eigenvalue weighted by Gasteiger charge is 2.32. The topological polar surface area (TPSA) is 105 Å². The Balaban J connectivity index is 2.26. The van der Waals surface area contributed by atoms with Crippen LogP contribution in [0.5, 0.6) is 0 Å². The Morgan fingerprint density at radius 3 is 2.32 bits per heavy atom. The number of hydrogen-bond donors (Lipinski definition) is 2. The minimum atomic E-state index is -3.87. The van der Waals surface area contributed by atoms with Gasteiger partial charge in [0.25, 0.3) is 0 Å². The van der Waals surface area contributed by atoms with Crippen LogP contribution < -0.4 is 10.6 Å². The van der Waals surface area contributed by atoms with Gasteiger partial charge < -0.3 is 15.1 Å². The van der Waals surface area contributed by atoms with Gasteiger partial charge in [0.15, 0.2) is 9.84 Å². The fourth-order valence-corrected chi connectivity index (χ4v) is 3.85. The summed E-state index contributed by atoms with van der Waals surface area (Å²) in [5.41, 5.74) is 0. The van der Waals surface area contributed by atoms with Crippen LogP contribution in [0.4, 0.5) is 0 Å². The Bertz CT molecular complexity index is 832. The van der Waals surface area contributed by atoms with Crippen molar-refractivity contribution in [2.45, 2.75) is 17.1 Å². The van der Waals surface area contributed by atoms with Gasteiger partial charge in [0.1, 0.15) is 11.0 Å². The molecule has 0 bridgehead atoms. The van der Waals surface area contributed by atoms with Gasteiger partial charge in [-0.15, -0.1) is 0 Å². The molecule has 2 aromatic rings. The van der Waals surface area contributed by atoms with Gasteiger partial charge in [-0.25, -0.2) is 8.42 Å². The molecule has 0 aliphatic rings. The Morgan fingerprint density at radius 2 is 1.76 bits per heavy atom. The first-order chi connectivity index (χ1) is 11.9. The van der Waals surface area contributed by atoms with E-state index in [1.807, 2.05) is 0 Å². The predicted molar refractivity (Wildman–Crippen MR) is 91.8 cm³/mol. The van der Waals surface area contributed by atoms with Crippen molar-refractivity contribution < 1.29 is 22.4 Å². The van der Waals surface area contributed by atoms with Gasteiger partial charge in [-0.1, -0.05) is 11.6 Å². The molecule has 0 saturated carbocycles. The second kappa shape index (κ2) is 8.17. The zero-order chi connectivity index (χ0) is 18.4. The number of carbonyl (C=O) groups excluding carboxylic acids is 2. The van der Waals surface area contributed by atoms with Crippen molar-refractivity contribution in [1.82, 2.24) is 10.6 Å². The number of amides is 2. The molecule has 1 atom stereocenters. The smallest absolute Gasteiger partial charge is 0.309 e. The van der Waals surface area contributed by atoms with Gasteiger partial charge in [-0.3, -0.25) is 9.59 Å². The van der Waals surface area contributed by atoms with Crippen molar-refractivity contribution >= 4 is 33.3 Å². The molecule has 0 aliphatic heterocycles. The van der Waals surface area contributed by atoms with E-state index >= 15 is 0 Å². The molecule has 1 heterocycles. The van der Waals surface area contributed by atoms with Crippen molar-refractivity contribution in [1.29, 1.82) is 0 Å². The number of hydrogen-bond acceptors (Lipinski definition) is 5. The summed E-state index contributed by atoms with van der Waals surface area (Å²) in [7, 11) is -3.87. The van der Waals surface area contributed by atoms with Crippen molar-refractivity contribution in [3.63, 3.8) is 0 Å². The van der Waals surface area contributed by atoms with Crippen molar-refractivity contribution in [3.05, 3.63) is 53.4 Å². The quantitative estimate of drug-likeness (QED) is 0.737. The maximum atomic E-state index is 12.9. The Kier molecular flexibility index (Phi) is 6.22. The summed E-state index contributed by atoms with van der Waals surface area (Å²) in [4.78, 5) is 23.3. The minimum absolute atomic E-state index is 0.0329. The lowest BCUT2D eigenvalue weighted by Crippen LogP contribution is -2.42. The van der Waals surface area contributed by atoms with E-state index in [4.69, 9.17) is 16.0 Å². The molecule has 2 amide bonds. The normalized spacial score (nSPS) is 12.4. The molecule has 0 aliphatic carbocycles. The van der Waals surface area contributed by atoms with Crippen molar-refractivity contribution in [2.24, 2.45) is 0 Å².